The first-order valence-electron chi connectivity index (χ1n) is 12.6. The van der Waals surface area contributed by atoms with Gasteiger partial charge in [-0.25, -0.2) is 4.79 Å². The van der Waals surface area contributed by atoms with E-state index < -0.39 is 18.1 Å². The fourth-order valence-corrected chi connectivity index (χ4v) is 5.49. The number of carbonyl (C=O) groups excluding carboxylic acids is 2. The molecular weight excluding hydrogens is 444 g/mol. The van der Waals surface area contributed by atoms with E-state index in [0.29, 0.717) is 12.8 Å². The molecule has 1 fully saturated rings. The zero-order valence-corrected chi connectivity index (χ0v) is 20.2. The lowest BCUT2D eigenvalue weighted by atomic mass is 9.82. The zero-order chi connectivity index (χ0) is 24.8. The number of ether oxygens (including phenoxy) is 1. The normalized spacial score (nSPS) is 19.8. The second-order valence-electron chi connectivity index (χ2n) is 9.57. The summed E-state index contributed by atoms with van der Waals surface area (Å²) in [4.78, 5) is 37.0. The number of carbonyl (C=O) groups is 3. The molecule has 2 amide bonds. The Morgan fingerprint density at radius 1 is 1.00 bits per heavy atom. The summed E-state index contributed by atoms with van der Waals surface area (Å²) >= 11 is 0. The predicted octanol–water partition coefficient (Wildman–Crippen LogP) is 4.84. The van der Waals surface area contributed by atoms with E-state index in [0.717, 1.165) is 47.9 Å². The summed E-state index contributed by atoms with van der Waals surface area (Å²) in [6.45, 7) is 2.14. The van der Waals surface area contributed by atoms with Crippen molar-refractivity contribution in [3.05, 3.63) is 59.7 Å². The number of carboxylic acids is 1. The number of alkyl carbamates (subject to hydrolysis) is 1. The predicted molar refractivity (Wildman–Crippen MR) is 133 cm³/mol. The maximum absolute atomic E-state index is 13.0. The van der Waals surface area contributed by atoms with Gasteiger partial charge in [0.25, 0.3) is 0 Å². The van der Waals surface area contributed by atoms with Crippen LogP contribution < -0.4 is 10.6 Å². The van der Waals surface area contributed by atoms with Gasteiger partial charge in [0.15, 0.2) is 0 Å². The summed E-state index contributed by atoms with van der Waals surface area (Å²) in [6, 6.07) is 15.4. The zero-order valence-electron chi connectivity index (χ0n) is 20.2. The van der Waals surface area contributed by atoms with Crippen LogP contribution in [0.5, 0.6) is 0 Å². The molecule has 0 aromatic heterocycles. The van der Waals surface area contributed by atoms with Gasteiger partial charge in [0.05, 0.1) is 6.42 Å². The van der Waals surface area contributed by atoms with E-state index in [2.05, 4.69) is 34.9 Å². The standard InChI is InChI=1S/C28H34N2O5/c1-2-9-25(27(33)29-24-15-8-3-10-18(24)16-26(31)32)30-28(34)35-17-23-21-13-6-4-11-19(21)20-12-5-7-14-22(20)23/h4-7,11-14,18,23-25H,2-3,8-10,15-17H2,1H3,(H,29,33)(H,30,34)(H,31,32)/t18-,24-,25?/m0/s1. The van der Waals surface area contributed by atoms with Crippen molar-refractivity contribution in [3.8, 4) is 11.1 Å². The highest BCUT2D eigenvalue weighted by molar-refractivity contribution is 5.86. The summed E-state index contributed by atoms with van der Waals surface area (Å²) in [7, 11) is 0. The molecule has 3 atom stereocenters. The first-order chi connectivity index (χ1) is 17.0. The van der Waals surface area contributed by atoms with Crippen molar-refractivity contribution in [2.75, 3.05) is 6.61 Å². The molecule has 0 aliphatic heterocycles. The van der Waals surface area contributed by atoms with Crippen LogP contribution in [-0.4, -0.2) is 41.8 Å². The second kappa shape index (κ2) is 11.4. The lowest BCUT2D eigenvalue weighted by Crippen LogP contribution is -2.52. The van der Waals surface area contributed by atoms with Crippen LogP contribution in [0.1, 0.15) is 68.9 Å². The highest BCUT2D eigenvalue weighted by atomic mass is 16.5. The van der Waals surface area contributed by atoms with Crippen molar-refractivity contribution >= 4 is 18.0 Å². The van der Waals surface area contributed by atoms with Gasteiger partial charge in [-0.15, -0.1) is 0 Å². The highest BCUT2D eigenvalue weighted by Crippen LogP contribution is 2.44. The SMILES string of the molecule is CCCC(NC(=O)OCC1c2ccccc2-c2ccccc21)C(=O)N[C@H]1CCCC[C@H]1CC(=O)O. The van der Waals surface area contributed by atoms with Crippen LogP contribution in [0.3, 0.4) is 0 Å². The third kappa shape index (κ3) is 5.84. The Balaban J connectivity index is 1.37. The summed E-state index contributed by atoms with van der Waals surface area (Å²) in [6.07, 6.45) is 4.09. The van der Waals surface area contributed by atoms with Crippen molar-refractivity contribution in [2.45, 2.75) is 69.9 Å². The van der Waals surface area contributed by atoms with E-state index in [1.54, 1.807) is 0 Å². The Kier molecular flexibility index (Phi) is 8.06. The van der Waals surface area contributed by atoms with Gasteiger partial charge in [0.1, 0.15) is 12.6 Å². The van der Waals surface area contributed by atoms with Gasteiger partial charge in [0.2, 0.25) is 5.91 Å². The minimum atomic E-state index is -0.849. The molecule has 35 heavy (non-hydrogen) atoms. The van der Waals surface area contributed by atoms with Crippen LogP contribution in [0.2, 0.25) is 0 Å². The molecule has 2 aromatic rings. The second-order valence-corrected chi connectivity index (χ2v) is 9.57. The molecular formula is C28H34N2O5. The Bertz CT molecular complexity index is 1020. The fraction of sp³-hybridized carbons (Fsp3) is 0.464. The summed E-state index contributed by atoms with van der Waals surface area (Å²) in [5.74, 6) is -1.26. The van der Waals surface area contributed by atoms with Crippen molar-refractivity contribution in [3.63, 3.8) is 0 Å². The number of hydrogen-bond donors (Lipinski definition) is 3. The molecule has 2 aliphatic rings. The van der Waals surface area contributed by atoms with Gasteiger partial charge in [-0.1, -0.05) is 74.7 Å². The van der Waals surface area contributed by atoms with Crippen molar-refractivity contribution in [1.82, 2.24) is 10.6 Å². The summed E-state index contributed by atoms with van der Waals surface area (Å²) in [5.41, 5.74) is 4.57. The number of hydrogen-bond acceptors (Lipinski definition) is 4. The maximum atomic E-state index is 13.0. The first kappa shape index (κ1) is 24.8. The monoisotopic (exact) mass is 478 g/mol. The third-order valence-electron chi connectivity index (χ3n) is 7.20. The molecule has 7 nitrogen and oxygen atoms in total. The van der Waals surface area contributed by atoms with Crippen LogP contribution in [0, 0.1) is 5.92 Å². The number of rotatable bonds is 9. The van der Waals surface area contributed by atoms with Gasteiger partial charge in [-0.3, -0.25) is 9.59 Å². The Morgan fingerprint density at radius 3 is 2.26 bits per heavy atom. The number of benzene rings is 2. The van der Waals surface area contributed by atoms with Crippen LogP contribution in [0.25, 0.3) is 11.1 Å². The average molecular weight is 479 g/mol. The number of carboxylic acid groups (broad SMARTS) is 1. The first-order valence-corrected chi connectivity index (χ1v) is 12.6. The Hall–Kier alpha value is -3.35. The highest BCUT2D eigenvalue weighted by Gasteiger charge is 2.32. The van der Waals surface area contributed by atoms with Crippen LogP contribution in [0.15, 0.2) is 48.5 Å². The molecule has 2 aliphatic carbocycles. The van der Waals surface area contributed by atoms with E-state index in [1.165, 1.54) is 0 Å². The molecule has 0 saturated heterocycles. The lowest BCUT2D eigenvalue weighted by molar-refractivity contribution is -0.139. The average Bonchev–Trinajstić information content (AvgIpc) is 3.17. The molecule has 7 heteroatoms. The van der Waals surface area contributed by atoms with E-state index in [4.69, 9.17) is 4.74 Å². The largest absolute Gasteiger partial charge is 0.481 e. The molecule has 3 N–H and O–H groups in total. The van der Waals surface area contributed by atoms with Gasteiger partial charge < -0.3 is 20.5 Å². The minimum Gasteiger partial charge on any atom is -0.481 e. The topological polar surface area (TPSA) is 105 Å². The smallest absolute Gasteiger partial charge is 0.407 e. The van der Waals surface area contributed by atoms with E-state index in [9.17, 15) is 19.5 Å². The van der Waals surface area contributed by atoms with E-state index in [-0.39, 0.29) is 36.8 Å². The van der Waals surface area contributed by atoms with Crippen molar-refractivity contribution < 1.29 is 24.2 Å². The van der Waals surface area contributed by atoms with E-state index >= 15 is 0 Å². The third-order valence-corrected chi connectivity index (χ3v) is 7.20. The summed E-state index contributed by atoms with van der Waals surface area (Å²) < 4.78 is 5.62. The molecule has 0 bridgehead atoms. The lowest BCUT2D eigenvalue weighted by Gasteiger charge is -2.32. The van der Waals surface area contributed by atoms with Gasteiger partial charge in [-0.2, -0.15) is 0 Å². The number of amides is 2. The minimum absolute atomic E-state index is 0.0448. The molecule has 4 rings (SSSR count). The maximum Gasteiger partial charge on any atom is 0.407 e. The van der Waals surface area contributed by atoms with Crippen LogP contribution >= 0.6 is 0 Å². The Morgan fingerprint density at radius 2 is 1.63 bits per heavy atom. The van der Waals surface area contributed by atoms with Gasteiger partial charge >= 0.3 is 12.1 Å². The van der Waals surface area contributed by atoms with Crippen molar-refractivity contribution in [2.24, 2.45) is 5.92 Å². The van der Waals surface area contributed by atoms with Crippen molar-refractivity contribution in [1.29, 1.82) is 0 Å². The molecule has 1 unspecified atom stereocenters. The quantitative estimate of drug-likeness (QED) is 0.478. The molecule has 0 spiro atoms. The van der Waals surface area contributed by atoms with Crippen LogP contribution in [0.4, 0.5) is 4.79 Å². The number of nitrogens with one attached hydrogen (secondary N) is 2. The molecule has 1 saturated carbocycles. The van der Waals surface area contributed by atoms with Crippen LogP contribution in [-0.2, 0) is 14.3 Å². The van der Waals surface area contributed by atoms with E-state index in [1.807, 2.05) is 31.2 Å². The molecule has 0 radical (unpaired) electrons. The molecule has 0 heterocycles. The van der Waals surface area contributed by atoms with Gasteiger partial charge in [-0.05, 0) is 47.4 Å². The van der Waals surface area contributed by atoms with Gasteiger partial charge in [0, 0.05) is 12.0 Å². The fourth-order valence-electron chi connectivity index (χ4n) is 5.49. The Labute approximate surface area is 206 Å². The molecule has 186 valence electrons. The number of fused-ring (bicyclic) bond motifs is 3. The summed E-state index contributed by atoms with van der Waals surface area (Å²) in [5, 5.41) is 15.0. The number of aliphatic carboxylic acids is 1. The molecule has 2 aromatic carbocycles.